The zero-order valence-electron chi connectivity index (χ0n) is 13.5. The predicted molar refractivity (Wildman–Crippen MR) is 90.9 cm³/mol. The van der Waals surface area contributed by atoms with Crippen LogP contribution in [0.1, 0.15) is 18.4 Å². The Balaban J connectivity index is 1.58. The van der Waals surface area contributed by atoms with E-state index >= 15 is 0 Å². The van der Waals surface area contributed by atoms with Crippen LogP contribution < -0.4 is 5.32 Å². The molecule has 1 saturated heterocycles. The first-order valence-corrected chi connectivity index (χ1v) is 8.00. The van der Waals surface area contributed by atoms with E-state index in [1.165, 1.54) is 0 Å². The zero-order valence-corrected chi connectivity index (χ0v) is 13.5. The molecule has 0 spiro atoms. The summed E-state index contributed by atoms with van der Waals surface area (Å²) in [5.74, 6) is -0.674. The van der Waals surface area contributed by atoms with Crippen LogP contribution in [0.3, 0.4) is 0 Å². The fourth-order valence-electron chi connectivity index (χ4n) is 2.78. The Labute approximate surface area is 148 Å². The number of aromatic nitrogens is 3. The third kappa shape index (κ3) is 2.98. The third-order valence-electron chi connectivity index (χ3n) is 4.07. The second-order valence-electron chi connectivity index (χ2n) is 5.85. The Bertz CT molecular complexity index is 1070. The van der Waals surface area contributed by atoms with Gasteiger partial charge < -0.3 is 4.74 Å². The van der Waals surface area contributed by atoms with E-state index in [-0.39, 0.29) is 18.3 Å². The van der Waals surface area contributed by atoms with Crippen LogP contribution in [0.5, 0.6) is 0 Å². The van der Waals surface area contributed by atoms with Gasteiger partial charge in [0, 0.05) is 24.6 Å². The Morgan fingerprint density at radius 3 is 2.96 bits per heavy atom. The lowest BCUT2D eigenvalue weighted by Gasteiger charge is -2.06. The molecule has 0 bridgehead atoms. The number of carbonyl (C=O) groups is 2. The minimum absolute atomic E-state index is 0.140. The Morgan fingerprint density at radius 2 is 2.19 bits per heavy atom. The minimum atomic E-state index is -0.793. The van der Waals surface area contributed by atoms with Crippen molar-refractivity contribution >= 4 is 23.5 Å². The highest BCUT2D eigenvalue weighted by molar-refractivity contribution is 5.95. The summed E-state index contributed by atoms with van der Waals surface area (Å²) in [7, 11) is 0. The number of pyridine rings is 1. The molecular weight excluding hydrogens is 334 g/mol. The number of hydrogen-bond acceptors (Lipinski definition) is 6. The standard InChI is InChI=1S/C18H13N5O3/c19-9-11-2-1-3-12(8-11)13-4-6-15-20-18(22-23(15)10-13)21-17(25)14-5-7-16(24)26-14/h1-4,6,8,10,14H,5,7H2,(H,21,22,25)/t14-/m1/s1. The fourth-order valence-corrected chi connectivity index (χ4v) is 2.78. The molecule has 0 saturated carbocycles. The lowest BCUT2D eigenvalue weighted by molar-refractivity contribution is -0.146. The second kappa shape index (κ2) is 6.29. The number of nitrogens with zero attached hydrogens (tertiary/aromatic N) is 4. The Hall–Kier alpha value is -3.73. The first kappa shape index (κ1) is 15.8. The maximum absolute atomic E-state index is 12.1. The molecule has 1 atom stereocenters. The molecule has 1 N–H and O–H groups in total. The number of nitrogens with one attached hydrogen (secondary N) is 1. The van der Waals surface area contributed by atoms with Gasteiger partial charge in [-0.1, -0.05) is 12.1 Å². The summed E-state index contributed by atoms with van der Waals surface area (Å²) in [5.41, 5.74) is 2.87. The number of hydrogen-bond donors (Lipinski definition) is 1. The van der Waals surface area contributed by atoms with Gasteiger partial charge in [-0.05, 0) is 29.8 Å². The van der Waals surface area contributed by atoms with Gasteiger partial charge >= 0.3 is 5.97 Å². The van der Waals surface area contributed by atoms with E-state index in [0.29, 0.717) is 17.6 Å². The number of benzene rings is 1. The van der Waals surface area contributed by atoms with Gasteiger partial charge in [0.1, 0.15) is 0 Å². The van der Waals surface area contributed by atoms with Crippen molar-refractivity contribution in [2.45, 2.75) is 18.9 Å². The Kier molecular flexibility index (Phi) is 3.82. The quantitative estimate of drug-likeness (QED) is 0.725. The van der Waals surface area contributed by atoms with Crippen LogP contribution in [-0.2, 0) is 14.3 Å². The van der Waals surface area contributed by atoms with E-state index in [0.717, 1.165) is 11.1 Å². The molecule has 8 heteroatoms. The molecule has 2 aromatic heterocycles. The zero-order chi connectivity index (χ0) is 18.1. The number of rotatable bonds is 3. The molecule has 26 heavy (non-hydrogen) atoms. The smallest absolute Gasteiger partial charge is 0.306 e. The van der Waals surface area contributed by atoms with Crippen LogP contribution in [0.15, 0.2) is 42.6 Å². The fraction of sp³-hybridized carbons (Fsp3) is 0.167. The summed E-state index contributed by atoms with van der Waals surface area (Å²) in [4.78, 5) is 27.4. The highest BCUT2D eigenvalue weighted by atomic mass is 16.6. The first-order valence-electron chi connectivity index (χ1n) is 8.00. The number of fused-ring (bicyclic) bond motifs is 1. The minimum Gasteiger partial charge on any atom is -0.452 e. The molecule has 8 nitrogen and oxygen atoms in total. The van der Waals surface area contributed by atoms with Crippen molar-refractivity contribution in [3.63, 3.8) is 0 Å². The number of amides is 1. The number of esters is 1. The molecule has 0 unspecified atom stereocenters. The van der Waals surface area contributed by atoms with E-state index in [9.17, 15) is 9.59 Å². The maximum atomic E-state index is 12.1. The molecule has 4 rings (SSSR count). The molecule has 1 aliphatic rings. The van der Waals surface area contributed by atoms with Crippen LogP contribution in [-0.4, -0.2) is 32.6 Å². The molecule has 1 aromatic carbocycles. The van der Waals surface area contributed by atoms with Crippen molar-refractivity contribution in [3.8, 4) is 17.2 Å². The summed E-state index contributed by atoms with van der Waals surface area (Å²) >= 11 is 0. The molecule has 3 aromatic rings. The number of nitriles is 1. The molecule has 0 radical (unpaired) electrons. The van der Waals surface area contributed by atoms with Crippen LogP contribution >= 0.6 is 0 Å². The van der Waals surface area contributed by atoms with E-state index in [4.69, 9.17) is 10.00 Å². The maximum Gasteiger partial charge on any atom is 0.306 e. The van der Waals surface area contributed by atoms with Crippen molar-refractivity contribution in [2.24, 2.45) is 0 Å². The number of carbonyl (C=O) groups excluding carboxylic acids is 2. The lowest BCUT2D eigenvalue weighted by atomic mass is 10.1. The lowest BCUT2D eigenvalue weighted by Crippen LogP contribution is -2.27. The molecule has 1 aliphatic heterocycles. The van der Waals surface area contributed by atoms with Gasteiger partial charge in [-0.3, -0.25) is 14.9 Å². The van der Waals surface area contributed by atoms with Gasteiger partial charge in [0.15, 0.2) is 11.8 Å². The van der Waals surface area contributed by atoms with Crippen molar-refractivity contribution in [2.75, 3.05) is 5.32 Å². The van der Waals surface area contributed by atoms with Gasteiger partial charge in [0.05, 0.1) is 11.6 Å². The van der Waals surface area contributed by atoms with Gasteiger partial charge in [0.2, 0.25) is 5.95 Å². The molecule has 3 heterocycles. The van der Waals surface area contributed by atoms with Crippen LogP contribution in [0.25, 0.3) is 16.8 Å². The molecular formula is C18H13N5O3. The third-order valence-corrected chi connectivity index (χ3v) is 4.07. The van der Waals surface area contributed by atoms with Gasteiger partial charge in [-0.2, -0.15) is 10.2 Å². The topological polar surface area (TPSA) is 109 Å². The van der Waals surface area contributed by atoms with Crippen LogP contribution in [0.2, 0.25) is 0 Å². The van der Waals surface area contributed by atoms with E-state index in [1.54, 1.807) is 28.9 Å². The number of ether oxygens (including phenoxy) is 1. The number of cyclic esters (lactones) is 1. The summed E-state index contributed by atoms with van der Waals surface area (Å²) < 4.78 is 6.47. The average molecular weight is 347 g/mol. The summed E-state index contributed by atoms with van der Waals surface area (Å²) in [5, 5.41) is 15.8. The van der Waals surface area contributed by atoms with Crippen molar-refractivity contribution in [3.05, 3.63) is 48.2 Å². The summed E-state index contributed by atoms with van der Waals surface area (Å²) in [6.07, 6.45) is 1.57. The van der Waals surface area contributed by atoms with Gasteiger partial charge in [-0.15, -0.1) is 5.10 Å². The summed E-state index contributed by atoms with van der Waals surface area (Å²) in [6, 6.07) is 13.0. The van der Waals surface area contributed by atoms with E-state index < -0.39 is 12.0 Å². The van der Waals surface area contributed by atoms with E-state index in [2.05, 4.69) is 21.5 Å². The van der Waals surface area contributed by atoms with Crippen LogP contribution in [0, 0.1) is 11.3 Å². The Morgan fingerprint density at radius 1 is 1.31 bits per heavy atom. The summed E-state index contributed by atoms with van der Waals surface area (Å²) in [6.45, 7) is 0. The monoisotopic (exact) mass is 347 g/mol. The highest BCUT2D eigenvalue weighted by Crippen LogP contribution is 2.21. The first-order chi connectivity index (χ1) is 12.6. The largest absolute Gasteiger partial charge is 0.452 e. The average Bonchev–Trinajstić information content (AvgIpc) is 3.26. The second-order valence-corrected chi connectivity index (χ2v) is 5.85. The normalized spacial score (nSPS) is 16.3. The SMILES string of the molecule is N#Cc1cccc(-c2ccc3nc(NC(=O)[C@H]4CCC(=O)O4)nn3c2)c1. The van der Waals surface area contributed by atoms with Crippen molar-refractivity contribution < 1.29 is 14.3 Å². The predicted octanol–water partition coefficient (Wildman–Crippen LogP) is 1.91. The molecule has 1 amide bonds. The number of anilines is 1. The van der Waals surface area contributed by atoms with E-state index in [1.807, 2.05) is 18.2 Å². The van der Waals surface area contributed by atoms with Crippen LogP contribution in [0.4, 0.5) is 5.95 Å². The van der Waals surface area contributed by atoms with Crippen molar-refractivity contribution in [1.82, 2.24) is 14.6 Å². The molecule has 1 fully saturated rings. The molecule has 0 aliphatic carbocycles. The van der Waals surface area contributed by atoms with Gasteiger partial charge in [-0.25, -0.2) is 4.52 Å². The van der Waals surface area contributed by atoms with Gasteiger partial charge in [0.25, 0.3) is 5.91 Å². The molecule has 128 valence electrons. The highest BCUT2D eigenvalue weighted by Gasteiger charge is 2.30. The van der Waals surface area contributed by atoms with Crippen molar-refractivity contribution in [1.29, 1.82) is 5.26 Å².